The molecule has 3 rings (SSSR count). The quantitative estimate of drug-likeness (QED) is 0.584. The largest absolute Gasteiger partial charge is 0.355 e. The summed E-state index contributed by atoms with van der Waals surface area (Å²) in [5, 5.41) is 14.9. The Labute approximate surface area is 171 Å². The van der Waals surface area contributed by atoms with Crippen molar-refractivity contribution in [1.82, 2.24) is 10.3 Å². The lowest BCUT2D eigenvalue weighted by Gasteiger charge is -2.05. The molecule has 0 atom stereocenters. The summed E-state index contributed by atoms with van der Waals surface area (Å²) >= 11 is 4.97. The van der Waals surface area contributed by atoms with Crippen LogP contribution in [0.4, 0.5) is 0 Å². The fourth-order valence-electron chi connectivity index (χ4n) is 2.44. The van der Waals surface area contributed by atoms with Gasteiger partial charge >= 0.3 is 0 Å². The zero-order valence-corrected chi connectivity index (χ0v) is 17.3. The summed E-state index contributed by atoms with van der Waals surface area (Å²) in [7, 11) is 0. The molecule has 1 N–H and O–H groups in total. The molecule has 3 aromatic rings. The summed E-state index contributed by atoms with van der Waals surface area (Å²) in [6.45, 7) is 2.66. The van der Waals surface area contributed by atoms with E-state index in [4.69, 9.17) is 5.26 Å². The molecule has 7 heteroatoms. The number of hydrogen-bond donors (Lipinski definition) is 1. The molecule has 0 spiro atoms. The van der Waals surface area contributed by atoms with Gasteiger partial charge in [0.2, 0.25) is 5.91 Å². The maximum absolute atomic E-state index is 12.0. The highest BCUT2D eigenvalue weighted by molar-refractivity contribution is 7.99. The number of thiazole rings is 1. The van der Waals surface area contributed by atoms with E-state index in [2.05, 4.69) is 33.9 Å². The minimum Gasteiger partial charge on any atom is -0.355 e. The molecule has 1 amide bonds. The van der Waals surface area contributed by atoms with Crippen molar-refractivity contribution < 1.29 is 4.79 Å². The lowest BCUT2D eigenvalue weighted by Crippen LogP contribution is -2.27. The van der Waals surface area contributed by atoms with Gasteiger partial charge in [0.1, 0.15) is 0 Å². The van der Waals surface area contributed by atoms with Crippen LogP contribution < -0.4 is 5.32 Å². The second-order valence-corrected chi connectivity index (χ2v) is 9.14. The average molecular weight is 414 g/mol. The number of aromatic nitrogens is 1. The molecule has 0 aliphatic heterocycles. The smallest absolute Gasteiger partial charge is 0.230 e. The molecule has 4 nitrogen and oxygen atoms in total. The van der Waals surface area contributed by atoms with E-state index in [9.17, 15) is 4.79 Å². The van der Waals surface area contributed by atoms with E-state index in [0.29, 0.717) is 17.9 Å². The number of aryl methyl sites for hydroxylation is 1. The number of nitrogens with zero attached hydrogens (tertiary/aromatic N) is 2. The number of carbonyl (C=O) groups is 1. The van der Waals surface area contributed by atoms with Gasteiger partial charge in [-0.2, -0.15) is 5.26 Å². The van der Waals surface area contributed by atoms with Crippen molar-refractivity contribution in [2.75, 3.05) is 12.3 Å². The molecule has 1 aromatic carbocycles. The zero-order valence-electron chi connectivity index (χ0n) is 14.9. The van der Waals surface area contributed by atoms with Crippen LogP contribution in [0.3, 0.4) is 0 Å². The number of nitriles is 1. The molecule has 2 aromatic heterocycles. The molecule has 0 bridgehead atoms. The maximum Gasteiger partial charge on any atom is 0.230 e. The number of thiophene rings is 1. The Balaban J connectivity index is 1.36. The first kappa shape index (κ1) is 19.6. The normalized spacial score (nSPS) is 10.5. The van der Waals surface area contributed by atoms with Gasteiger partial charge in [-0.05, 0) is 43.2 Å². The molecule has 27 heavy (non-hydrogen) atoms. The number of thioether (sulfide) groups is 1. The van der Waals surface area contributed by atoms with Gasteiger partial charge in [0.05, 0.1) is 33.0 Å². The SMILES string of the molecule is Cc1nc(-c2ccc(CCNC(=O)CSCc3ccc(C#N)cc3)s2)cs1. The van der Waals surface area contributed by atoms with Gasteiger partial charge in [-0.3, -0.25) is 4.79 Å². The van der Waals surface area contributed by atoms with Crippen LogP contribution in [0, 0.1) is 18.3 Å². The molecule has 0 unspecified atom stereocenters. The van der Waals surface area contributed by atoms with Crippen LogP contribution in [-0.2, 0) is 17.0 Å². The van der Waals surface area contributed by atoms with Crippen molar-refractivity contribution in [2.24, 2.45) is 0 Å². The van der Waals surface area contributed by atoms with E-state index in [-0.39, 0.29) is 5.91 Å². The second-order valence-electron chi connectivity index (χ2n) is 5.92. The van der Waals surface area contributed by atoms with Crippen molar-refractivity contribution in [2.45, 2.75) is 19.1 Å². The van der Waals surface area contributed by atoms with E-state index in [1.165, 1.54) is 9.75 Å². The molecule has 0 radical (unpaired) electrons. The van der Waals surface area contributed by atoms with Gasteiger partial charge < -0.3 is 5.32 Å². The van der Waals surface area contributed by atoms with Gasteiger partial charge in [0.15, 0.2) is 0 Å². The van der Waals surface area contributed by atoms with Crippen molar-refractivity contribution in [3.63, 3.8) is 0 Å². The zero-order chi connectivity index (χ0) is 19.1. The van der Waals surface area contributed by atoms with E-state index in [1.54, 1.807) is 46.6 Å². The minimum atomic E-state index is 0.0561. The summed E-state index contributed by atoms with van der Waals surface area (Å²) in [6.07, 6.45) is 0.833. The van der Waals surface area contributed by atoms with Gasteiger partial charge in [-0.25, -0.2) is 4.98 Å². The van der Waals surface area contributed by atoms with E-state index in [0.717, 1.165) is 28.4 Å². The Bertz CT molecular complexity index is 938. The molecule has 2 heterocycles. The lowest BCUT2D eigenvalue weighted by molar-refractivity contribution is -0.118. The standard InChI is InChI=1S/C20H19N3OS3/c1-14-23-18(12-26-14)19-7-6-17(27-19)8-9-22-20(24)13-25-11-16-4-2-15(10-21)3-5-16/h2-7,12H,8-9,11,13H2,1H3,(H,22,24). The van der Waals surface area contributed by atoms with Crippen LogP contribution in [0.5, 0.6) is 0 Å². The van der Waals surface area contributed by atoms with Crippen molar-refractivity contribution in [1.29, 1.82) is 5.26 Å². The van der Waals surface area contributed by atoms with Crippen LogP contribution in [0.15, 0.2) is 41.8 Å². The Morgan fingerprint density at radius 1 is 1.26 bits per heavy atom. The molecular formula is C20H19N3OS3. The fraction of sp³-hybridized carbons (Fsp3) is 0.250. The van der Waals surface area contributed by atoms with Crippen LogP contribution in [0.1, 0.15) is 21.0 Å². The first-order valence-corrected chi connectivity index (χ1v) is 11.3. The molecule has 0 saturated heterocycles. The summed E-state index contributed by atoms with van der Waals surface area (Å²) in [5.41, 5.74) is 2.82. The number of benzene rings is 1. The van der Waals surface area contributed by atoms with E-state index in [1.807, 2.05) is 19.1 Å². The fourth-order valence-corrected chi connectivity index (χ4v) is 4.91. The minimum absolute atomic E-state index is 0.0561. The van der Waals surface area contributed by atoms with Gasteiger partial charge in [-0.1, -0.05) is 12.1 Å². The monoisotopic (exact) mass is 413 g/mol. The molecule has 0 saturated carbocycles. The third-order valence-corrected chi connectivity index (χ3v) is 6.76. The Morgan fingerprint density at radius 2 is 2.07 bits per heavy atom. The first-order chi connectivity index (χ1) is 13.1. The van der Waals surface area contributed by atoms with E-state index >= 15 is 0 Å². The lowest BCUT2D eigenvalue weighted by atomic mass is 10.2. The van der Waals surface area contributed by atoms with Crippen molar-refractivity contribution in [3.05, 3.63) is 62.8 Å². The van der Waals surface area contributed by atoms with Gasteiger partial charge in [0, 0.05) is 22.6 Å². The second kappa shape index (κ2) is 9.70. The molecule has 0 aliphatic rings. The van der Waals surface area contributed by atoms with Gasteiger partial charge in [0.25, 0.3) is 0 Å². The Hall–Kier alpha value is -2.14. The predicted octanol–water partition coefficient (Wildman–Crippen LogP) is 4.64. The average Bonchev–Trinajstić information content (AvgIpc) is 3.31. The number of hydrogen-bond acceptors (Lipinski definition) is 6. The van der Waals surface area contributed by atoms with Crippen LogP contribution >= 0.6 is 34.4 Å². The summed E-state index contributed by atoms with van der Waals surface area (Å²) in [4.78, 5) is 18.9. The number of nitrogens with one attached hydrogen (secondary N) is 1. The number of carbonyl (C=O) groups excluding carboxylic acids is 1. The number of rotatable bonds is 8. The predicted molar refractivity (Wildman–Crippen MR) is 114 cm³/mol. The summed E-state index contributed by atoms with van der Waals surface area (Å²) in [6, 6.07) is 13.8. The highest BCUT2D eigenvalue weighted by atomic mass is 32.2. The van der Waals surface area contributed by atoms with E-state index < -0.39 is 0 Å². The molecule has 0 fully saturated rings. The Morgan fingerprint density at radius 3 is 2.78 bits per heavy atom. The summed E-state index contributed by atoms with van der Waals surface area (Å²) in [5.74, 6) is 1.26. The molecule has 0 aliphatic carbocycles. The van der Waals surface area contributed by atoms with Gasteiger partial charge in [-0.15, -0.1) is 34.4 Å². The highest BCUT2D eigenvalue weighted by Gasteiger charge is 2.07. The number of amides is 1. The molecular weight excluding hydrogens is 394 g/mol. The topological polar surface area (TPSA) is 65.8 Å². The van der Waals surface area contributed by atoms with Crippen LogP contribution in [0.25, 0.3) is 10.6 Å². The molecule has 138 valence electrons. The Kier molecular flexibility index (Phi) is 7.04. The van der Waals surface area contributed by atoms with Crippen LogP contribution in [0.2, 0.25) is 0 Å². The van der Waals surface area contributed by atoms with Crippen molar-refractivity contribution in [3.8, 4) is 16.6 Å². The van der Waals surface area contributed by atoms with Crippen molar-refractivity contribution >= 4 is 40.3 Å². The first-order valence-electron chi connectivity index (χ1n) is 8.49. The maximum atomic E-state index is 12.0. The highest BCUT2D eigenvalue weighted by Crippen LogP contribution is 2.29. The third kappa shape index (κ3) is 5.93. The summed E-state index contributed by atoms with van der Waals surface area (Å²) < 4.78 is 0. The third-order valence-electron chi connectivity index (χ3n) is 3.81. The van der Waals surface area contributed by atoms with Crippen LogP contribution in [-0.4, -0.2) is 23.2 Å².